The Labute approximate surface area is 190 Å². The average molecular weight is 450 g/mol. The highest BCUT2D eigenvalue weighted by atomic mass is 16.5. The van der Waals surface area contributed by atoms with E-state index in [9.17, 15) is 14.4 Å². The van der Waals surface area contributed by atoms with E-state index < -0.39 is 0 Å². The van der Waals surface area contributed by atoms with Crippen molar-refractivity contribution in [2.75, 3.05) is 40.4 Å². The van der Waals surface area contributed by atoms with Crippen molar-refractivity contribution in [1.29, 1.82) is 0 Å². The van der Waals surface area contributed by atoms with Crippen LogP contribution in [0.2, 0.25) is 0 Å². The molecule has 0 radical (unpaired) electrons. The monoisotopic (exact) mass is 450 g/mol. The second-order valence-corrected chi connectivity index (χ2v) is 8.86. The number of ether oxygens (including phenoxy) is 2. The fourth-order valence-corrected chi connectivity index (χ4v) is 5.05. The van der Waals surface area contributed by atoms with Crippen LogP contribution in [0.25, 0.3) is 11.0 Å². The molecule has 9 heteroatoms. The predicted molar refractivity (Wildman–Crippen MR) is 122 cm³/mol. The second-order valence-electron chi connectivity index (χ2n) is 8.86. The maximum atomic E-state index is 13.1. The molecular weight excluding hydrogens is 424 g/mol. The number of nitrogens with zero attached hydrogens (tertiary/aromatic N) is 2. The molecule has 3 aromatic rings. The largest absolute Gasteiger partial charge is 0.493 e. The first kappa shape index (κ1) is 21.1. The first-order valence-electron chi connectivity index (χ1n) is 10.9. The maximum absolute atomic E-state index is 13.1. The molecule has 172 valence electrons. The number of H-pyrrole nitrogens is 2. The first-order valence-corrected chi connectivity index (χ1v) is 10.9. The summed E-state index contributed by atoms with van der Waals surface area (Å²) in [7, 11) is 3.11. The third-order valence-electron chi connectivity index (χ3n) is 6.84. The van der Waals surface area contributed by atoms with Gasteiger partial charge in [0.15, 0.2) is 11.5 Å². The number of imidazole rings is 1. The molecule has 0 aliphatic carbocycles. The lowest BCUT2D eigenvalue weighted by atomic mass is 9.86. The van der Waals surface area contributed by atoms with E-state index in [1.807, 2.05) is 9.80 Å². The van der Waals surface area contributed by atoms with Gasteiger partial charge in [0.1, 0.15) is 0 Å². The zero-order valence-corrected chi connectivity index (χ0v) is 18.6. The van der Waals surface area contributed by atoms with E-state index >= 15 is 0 Å². The number of fused-ring (bicyclic) bond motifs is 1. The van der Waals surface area contributed by atoms with Crippen LogP contribution >= 0.6 is 0 Å². The molecule has 3 heterocycles. The fraction of sp³-hybridized carbons (Fsp3) is 0.375. The highest BCUT2D eigenvalue weighted by Gasteiger charge is 2.46. The van der Waals surface area contributed by atoms with Crippen LogP contribution in [0.1, 0.15) is 33.6 Å². The molecule has 0 bridgehead atoms. The van der Waals surface area contributed by atoms with Crippen molar-refractivity contribution >= 4 is 22.8 Å². The molecule has 1 unspecified atom stereocenters. The van der Waals surface area contributed by atoms with Crippen molar-refractivity contribution in [2.45, 2.75) is 12.8 Å². The van der Waals surface area contributed by atoms with Gasteiger partial charge in [-0.1, -0.05) is 0 Å². The number of likely N-dealkylation sites (tertiary alicyclic amines) is 2. The van der Waals surface area contributed by atoms with Crippen LogP contribution in [0, 0.1) is 5.41 Å². The summed E-state index contributed by atoms with van der Waals surface area (Å²) in [6.07, 6.45) is 1.72. The molecule has 2 saturated heterocycles. The fourth-order valence-electron chi connectivity index (χ4n) is 5.05. The number of aromatic nitrogens is 2. The lowest BCUT2D eigenvalue weighted by Gasteiger charge is -2.25. The number of amides is 2. The zero-order valence-electron chi connectivity index (χ0n) is 18.6. The lowest BCUT2D eigenvalue weighted by molar-refractivity contribution is 0.0755. The molecule has 2 aliphatic heterocycles. The first-order chi connectivity index (χ1) is 15.9. The summed E-state index contributed by atoms with van der Waals surface area (Å²) < 4.78 is 10.6. The van der Waals surface area contributed by atoms with E-state index in [2.05, 4.69) is 9.97 Å². The van der Waals surface area contributed by atoms with E-state index in [4.69, 9.17) is 9.47 Å². The number of carbonyl (C=O) groups excluding carboxylic acids is 2. The Morgan fingerprint density at radius 3 is 2.03 bits per heavy atom. The Morgan fingerprint density at radius 1 is 0.818 bits per heavy atom. The summed E-state index contributed by atoms with van der Waals surface area (Å²) in [6, 6.07) is 10.4. The van der Waals surface area contributed by atoms with Gasteiger partial charge in [0.05, 0.1) is 25.3 Å². The number of hydrogen-bond acceptors (Lipinski definition) is 5. The average Bonchev–Trinajstić information content (AvgIpc) is 3.55. The van der Waals surface area contributed by atoms with Crippen LogP contribution in [0.4, 0.5) is 0 Å². The number of methoxy groups -OCH3 is 2. The Morgan fingerprint density at radius 2 is 1.39 bits per heavy atom. The predicted octanol–water partition coefficient (Wildman–Crippen LogP) is 2.25. The summed E-state index contributed by atoms with van der Waals surface area (Å²) in [5.74, 6) is 1.01. The number of nitrogens with one attached hydrogen (secondary N) is 2. The van der Waals surface area contributed by atoms with Crippen LogP contribution in [0.15, 0.2) is 41.2 Å². The second kappa shape index (κ2) is 7.99. The summed E-state index contributed by atoms with van der Waals surface area (Å²) in [4.78, 5) is 46.9. The summed E-state index contributed by atoms with van der Waals surface area (Å²) in [5, 5.41) is 0. The molecule has 5 rings (SSSR count). The lowest BCUT2D eigenvalue weighted by Crippen LogP contribution is -2.35. The minimum atomic E-state index is -0.292. The number of rotatable bonds is 4. The smallest absolute Gasteiger partial charge is 0.323 e. The topological polar surface area (TPSA) is 108 Å². The molecule has 2 aromatic carbocycles. The summed E-state index contributed by atoms with van der Waals surface area (Å²) in [6.45, 7) is 2.54. The molecule has 1 spiro atoms. The number of benzene rings is 2. The molecule has 33 heavy (non-hydrogen) atoms. The Bertz CT molecular complexity index is 1300. The molecule has 2 fully saturated rings. The van der Waals surface area contributed by atoms with Crippen LogP contribution in [0.3, 0.4) is 0 Å². The quantitative estimate of drug-likeness (QED) is 0.634. The van der Waals surface area contributed by atoms with Gasteiger partial charge in [0.2, 0.25) is 0 Å². The van der Waals surface area contributed by atoms with Crippen LogP contribution in [-0.2, 0) is 0 Å². The van der Waals surface area contributed by atoms with Gasteiger partial charge >= 0.3 is 5.69 Å². The van der Waals surface area contributed by atoms with E-state index in [0.29, 0.717) is 59.8 Å². The minimum Gasteiger partial charge on any atom is -0.493 e. The van der Waals surface area contributed by atoms with Gasteiger partial charge in [-0.3, -0.25) is 9.59 Å². The Hall–Kier alpha value is -3.75. The Kier molecular flexibility index (Phi) is 5.11. The van der Waals surface area contributed by atoms with E-state index in [0.717, 1.165) is 12.8 Å². The van der Waals surface area contributed by atoms with Crippen molar-refractivity contribution < 1.29 is 19.1 Å². The minimum absolute atomic E-state index is 0.0422. The molecule has 0 saturated carbocycles. The maximum Gasteiger partial charge on any atom is 0.323 e. The molecule has 9 nitrogen and oxygen atoms in total. The van der Waals surface area contributed by atoms with Crippen molar-refractivity contribution in [2.24, 2.45) is 5.41 Å². The van der Waals surface area contributed by atoms with Gasteiger partial charge in [-0.25, -0.2) is 4.79 Å². The molecule has 2 N–H and O–H groups in total. The van der Waals surface area contributed by atoms with Gasteiger partial charge < -0.3 is 29.2 Å². The number of carbonyl (C=O) groups is 2. The summed E-state index contributed by atoms with van der Waals surface area (Å²) >= 11 is 0. The normalized spacial score (nSPS) is 20.1. The van der Waals surface area contributed by atoms with Crippen molar-refractivity contribution in [3.8, 4) is 11.5 Å². The van der Waals surface area contributed by atoms with E-state index in [-0.39, 0.29) is 22.9 Å². The highest BCUT2D eigenvalue weighted by Crippen LogP contribution is 2.40. The van der Waals surface area contributed by atoms with Crippen LogP contribution in [0.5, 0.6) is 11.5 Å². The molecule has 2 amide bonds. The molecule has 1 aromatic heterocycles. The van der Waals surface area contributed by atoms with E-state index in [1.165, 1.54) is 0 Å². The van der Waals surface area contributed by atoms with E-state index in [1.54, 1.807) is 50.6 Å². The van der Waals surface area contributed by atoms with Crippen LogP contribution < -0.4 is 15.2 Å². The van der Waals surface area contributed by atoms with Gasteiger partial charge in [-0.15, -0.1) is 0 Å². The molecule has 2 aliphatic rings. The zero-order chi connectivity index (χ0) is 23.2. The standard InChI is InChI=1S/C24H26N4O5/c1-32-19-6-4-16(12-20(19)33-2)22(30)28-10-8-24(14-28)7-9-27(13-24)21(29)15-3-5-17-18(11-15)26-23(31)25-17/h3-6,11-12H,7-10,13-14H2,1-2H3,(H2,25,26,31). The third-order valence-corrected chi connectivity index (χ3v) is 6.84. The van der Waals surface area contributed by atoms with Crippen LogP contribution in [-0.4, -0.2) is 72.0 Å². The van der Waals surface area contributed by atoms with Gasteiger partial charge in [0, 0.05) is 42.7 Å². The third kappa shape index (κ3) is 3.73. The van der Waals surface area contributed by atoms with Gasteiger partial charge in [0.25, 0.3) is 11.8 Å². The SMILES string of the molecule is COc1ccc(C(=O)N2CCC3(CCN(C(=O)c4ccc5[nH]c(=O)[nH]c5c4)C3)C2)cc1OC. The summed E-state index contributed by atoms with van der Waals surface area (Å²) in [5.41, 5.74) is 2.02. The molecule has 1 atom stereocenters. The highest BCUT2D eigenvalue weighted by molar-refractivity contribution is 5.97. The Balaban J connectivity index is 1.28. The number of hydrogen-bond donors (Lipinski definition) is 2. The van der Waals surface area contributed by atoms with Crippen molar-refractivity contribution in [3.05, 3.63) is 58.0 Å². The number of aromatic amines is 2. The van der Waals surface area contributed by atoms with Gasteiger partial charge in [-0.05, 0) is 49.2 Å². The van der Waals surface area contributed by atoms with Crippen molar-refractivity contribution in [3.63, 3.8) is 0 Å². The van der Waals surface area contributed by atoms with Gasteiger partial charge in [-0.2, -0.15) is 0 Å². The van der Waals surface area contributed by atoms with Crippen molar-refractivity contribution in [1.82, 2.24) is 19.8 Å². The molecular formula is C24H26N4O5.